The average molecular weight is 227 g/mol. The van der Waals surface area contributed by atoms with Gasteiger partial charge in [-0.1, -0.05) is 13.3 Å². The van der Waals surface area contributed by atoms with Crippen LogP contribution in [0.15, 0.2) is 0 Å². The summed E-state index contributed by atoms with van der Waals surface area (Å²) < 4.78 is 0. The molecular formula is C13H25NS. The molecule has 2 aliphatic rings. The molecule has 15 heavy (non-hydrogen) atoms. The van der Waals surface area contributed by atoms with Crippen molar-refractivity contribution in [1.29, 1.82) is 0 Å². The van der Waals surface area contributed by atoms with Crippen molar-refractivity contribution < 1.29 is 0 Å². The van der Waals surface area contributed by atoms with Gasteiger partial charge in [0.2, 0.25) is 0 Å². The highest BCUT2D eigenvalue weighted by Gasteiger charge is 2.39. The summed E-state index contributed by atoms with van der Waals surface area (Å²) in [5.74, 6) is 5.82. The highest BCUT2D eigenvalue weighted by molar-refractivity contribution is 7.99. The summed E-state index contributed by atoms with van der Waals surface area (Å²) in [5, 5.41) is 3.50. The minimum absolute atomic E-state index is 0.763. The standard InChI is InChI=1S/C13H25NS/c1-3-15-9-13(14-2)8-12-7-10-4-5-11(12)6-10/h10-14H,3-9H2,1-2H3. The molecule has 0 aromatic rings. The molecule has 2 heteroatoms. The van der Waals surface area contributed by atoms with Gasteiger partial charge in [-0.05, 0) is 56.2 Å². The first-order valence-electron chi connectivity index (χ1n) is 6.58. The van der Waals surface area contributed by atoms with E-state index in [-0.39, 0.29) is 0 Å². The Bertz CT molecular complexity index is 195. The van der Waals surface area contributed by atoms with Crippen LogP contribution in [0.5, 0.6) is 0 Å². The highest BCUT2D eigenvalue weighted by atomic mass is 32.2. The third-order valence-electron chi connectivity index (χ3n) is 4.40. The van der Waals surface area contributed by atoms with Gasteiger partial charge in [0.15, 0.2) is 0 Å². The molecule has 2 aliphatic carbocycles. The van der Waals surface area contributed by atoms with Crippen molar-refractivity contribution >= 4 is 11.8 Å². The Morgan fingerprint density at radius 1 is 1.33 bits per heavy atom. The van der Waals surface area contributed by atoms with Crippen molar-refractivity contribution in [3.8, 4) is 0 Å². The Morgan fingerprint density at radius 2 is 2.20 bits per heavy atom. The van der Waals surface area contributed by atoms with Gasteiger partial charge in [-0.15, -0.1) is 0 Å². The number of thioether (sulfide) groups is 1. The molecule has 1 N–H and O–H groups in total. The normalized spacial score (nSPS) is 36.0. The molecule has 2 bridgehead atoms. The second-order valence-corrected chi connectivity index (χ2v) is 6.63. The third-order valence-corrected chi connectivity index (χ3v) is 5.45. The molecule has 0 amide bonds. The molecule has 2 fully saturated rings. The van der Waals surface area contributed by atoms with E-state index < -0.39 is 0 Å². The molecule has 2 saturated carbocycles. The van der Waals surface area contributed by atoms with Gasteiger partial charge in [0.25, 0.3) is 0 Å². The van der Waals surface area contributed by atoms with Gasteiger partial charge in [-0.2, -0.15) is 11.8 Å². The predicted octanol–water partition coefficient (Wildman–Crippen LogP) is 3.15. The fraction of sp³-hybridized carbons (Fsp3) is 1.00. The van der Waals surface area contributed by atoms with E-state index in [4.69, 9.17) is 0 Å². The van der Waals surface area contributed by atoms with Crippen LogP contribution in [-0.2, 0) is 0 Å². The lowest BCUT2D eigenvalue weighted by molar-refractivity contribution is 0.290. The molecule has 0 aromatic carbocycles. The summed E-state index contributed by atoms with van der Waals surface area (Å²) in [6.07, 6.45) is 7.61. The van der Waals surface area contributed by atoms with Crippen LogP contribution in [0.2, 0.25) is 0 Å². The Labute approximate surface area is 98.8 Å². The highest BCUT2D eigenvalue weighted by Crippen LogP contribution is 2.49. The molecule has 4 unspecified atom stereocenters. The van der Waals surface area contributed by atoms with Crippen LogP contribution in [-0.4, -0.2) is 24.6 Å². The van der Waals surface area contributed by atoms with Crippen LogP contribution in [0.25, 0.3) is 0 Å². The Kier molecular flexibility index (Phi) is 4.39. The topological polar surface area (TPSA) is 12.0 Å². The summed E-state index contributed by atoms with van der Waals surface area (Å²) in [4.78, 5) is 0. The molecule has 0 aliphatic heterocycles. The number of nitrogens with one attached hydrogen (secondary N) is 1. The fourth-order valence-electron chi connectivity index (χ4n) is 3.56. The fourth-order valence-corrected chi connectivity index (χ4v) is 4.38. The second-order valence-electron chi connectivity index (χ2n) is 5.32. The van der Waals surface area contributed by atoms with Crippen molar-refractivity contribution in [2.24, 2.45) is 17.8 Å². The quantitative estimate of drug-likeness (QED) is 0.748. The van der Waals surface area contributed by atoms with Gasteiger partial charge in [-0.25, -0.2) is 0 Å². The van der Waals surface area contributed by atoms with Gasteiger partial charge in [-0.3, -0.25) is 0 Å². The summed E-state index contributed by atoms with van der Waals surface area (Å²) in [7, 11) is 2.13. The van der Waals surface area contributed by atoms with Gasteiger partial charge < -0.3 is 5.32 Å². The van der Waals surface area contributed by atoms with E-state index in [1.807, 2.05) is 0 Å². The minimum Gasteiger partial charge on any atom is -0.316 e. The monoisotopic (exact) mass is 227 g/mol. The zero-order chi connectivity index (χ0) is 10.7. The minimum atomic E-state index is 0.763. The van der Waals surface area contributed by atoms with Crippen molar-refractivity contribution in [1.82, 2.24) is 5.32 Å². The van der Waals surface area contributed by atoms with Crippen LogP contribution >= 0.6 is 11.8 Å². The van der Waals surface area contributed by atoms with E-state index in [1.54, 1.807) is 12.8 Å². The Morgan fingerprint density at radius 3 is 2.73 bits per heavy atom. The summed E-state index contributed by atoms with van der Waals surface area (Å²) in [6.45, 7) is 2.26. The van der Waals surface area contributed by atoms with E-state index in [0.717, 1.165) is 23.8 Å². The summed E-state index contributed by atoms with van der Waals surface area (Å²) in [6, 6.07) is 0.763. The van der Waals surface area contributed by atoms with Gasteiger partial charge in [0.1, 0.15) is 0 Å². The Balaban J connectivity index is 1.74. The second kappa shape index (κ2) is 5.58. The van der Waals surface area contributed by atoms with Crippen LogP contribution < -0.4 is 5.32 Å². The molecule has 0 aromatic heterocycles. The van der Waals surface area contributed by atoms with Crippen molar-refractivity contribution in [3.05, 3.63) is 0 Å². The van der Waals surface area contributed by atoms with Gasteiger partial charge in [0.05, 0.1) is 0 Å². The lowest BCUT2D eigenvalue weighted by Crippen LogP contribution is -2.31. The molecule has 0 spiro atoms. The smallest absolute Gasteiger partial charge is 0.0157 e. The maximum atomic E-state index is 3.50. The molecule has 0 heterocycles. The van der Waals surface area contributed by atoms with Crippen molar-refractivity contribution in [2.75, 3.05) is 18.6 Å². The van der Waals surface area contributed by atoms with Crippen LogP contribution in [0.1, 0.15) is 39.0 Å². The maximum absolute atomic E-state index is 3.50. The molecule has 4 atom stereocenters. The number of hydrogen-bond donors (Lipinski definition) is 1. The van der Waals surface area contributed by atoms with Gasteiger partial charge in [0, 0.05) is 11.8 Å². The molecule has 1 nitrogen and oxygen atoms in total. The average Bonchev–Trinajstić information content (AvgIpc) is 2.85. The molecule has 0 radical (unpaired) electrons. The van der Waals surface area contributed by atoms with E-state index in [0.29, 0.717) is 0 Å². The van der Waals surface area contributed by atoms with Crippen LogP contribution in [0.4, 0.5) is 0 Å². The first-order chi connectivity index (χ1) is 7.33. The third kappa shape index (κ3) is 2.91. The van der Waals surface area contributed by atoms with Gasteiger partial charge >= 0.3 is 0 Å². The largest absolute Gasteiger partial charge is 0.316 e. The number of hydrogen-bond acceptors (Lipinski definition) is 2. The van der Waals surface area contributed by atoms with E-state index in [1.165, 1.54) is 30.8 Å². The van der Waals surface area contributed by atoms with Crippen LogP contribution in [0, 0.1) is 17.8 Å². The van der Waals surface area contributed by atoms with E-state index in [2.05, 4.69) is 31.1 Å². The zero-order valence-electron chi connectivity index (χ0n) is 10.2. The SMILES string of the molecule is CCSCC(CC1CC2CCC1C2)NC. The molecule has 88 valence electrons. The van der Waals surface area contributed by atoms with Crippen LogP contribution in [0.3, 0.4) is 0 Å². The summed E-state index contributed by atoms with van der Waals surface area (Å²) >= 11 is 2.08. The van der Waals surface area contributed by atoms with Crippen molar-refractivity contribution in [2.45, 2.75) is 45.1 Å². The first-order valence-corrected chi connectivity index (χ1v) is 7.74. The Hall–Kier alpha value is 0.310. The first kappa shape index (κ1) is 11.8. The van der Waals surface area contributed by atoms with Crippen molar-refractivity contribution in [3.63, 3.8) is 0 Å². The van der Waals surface area contributed by atoms with E-state index in [9.17, 15) is 0 Å². The predicted molar refractivity (Wildman–Crippen MR) is 69.4 cm³/mol. The molecule has 0 saturated heterocycles. The van der Waals surface area contributed by atoms with E-state index >= 15 is 0 Å². The molecule has 2 rings (SSSR count). The molecular weight excluding hydrogens is 202 g/mol. The maximum Gasteiger partial charge on any atom is 0.0157 e. The summed E-state index contributed by atoms with van der Waals surface area (Å²) in [5.41, 5.74) is 0. The number of fused-ring (bicyclic) bond motifs is 2. The zero-order valence-corrected chi connectivity index (χ0v) is 11.0. The number of rotatable bonds is 6. The lowest BCUT2D eigenvalue weighted by atomic mass is 9.84. The lowest BCUT2D eigenvalue weighted by Gasteiger charge is -2.26.